The lowest BCUT2D eigenvalue weighted by atomic mass is 10.3. The van der Waals surface area contributed by atoms with Gasteiger partial charge in [0.05, 0.1) is 17.6 Å². The monoisotopic (exact) mass is 271 g/mol. The Balaban J connectivity index is 1.97. The second kappa shape index (κ2) is 4.81. The molecule has 3 heterocycles. The zero-order chi connectivity index (χ0) is 13.2. The Bertz CT molecular complexity index is 695. The van der Waals surface area contributed by atoms with Crippen LogP contribution in [0.15, 0.2) is 35.8 Å². The van der Waals surface area contributed by atoms with Crippen molar-refractivity contribution in [1.29, 1.82) is 0 Å². The summed E-state index contributed by atoms with van der Waals surface area (Å²) < 4.78 is 0. The van der Waals surface area contributed by atoms with Crippen LogP contribution < -0.4 is 10.6 Å². The Morgan fingerprint density at radius 2 is 2.16 bits per heavy atom. The molecule has 3 aromatic heterocycles. The summed E-state index contributed by atoms with van der Waals surface area (Å²) in [7, 11) is 1.98. The van der Waals surface area contributed by atoms with Gasteiger partial charge in [-0.3, -0.25) is 4.98 Å². The van der Waals surface area contributed by atoms with E-state index in [1.807, 2.05) is 41.6 Å². The highest BCUT2D eigenvalue weighted by atomic mass is 32.1. The Hall–Kier alpha value is -2.21. The van der Waals surface area contributed by atoms with E-state index in [-0.39, 0.29) is 0 Å². The number of nitrogen functional groups attached to an aromatic ring is 1. The molecule has 0 bridgehead atoms. The normalized spacial score (nSPS) is 10.8. The molecule has 0 aliphatic carbocycles. The Kier molecular flexibility index (Phi) is 3.00. The summed E-state index contributed by atoms with van der Waals surface area (Å²) in [5, 5.41) is 3.02. The molecule has 19 heavy (non-hydrogen) atoms. The van der Waals surface area contributed by atoms with Crippen LogP contribution in [-0.4, -0.2) is 22.0 Å². The fraction of sp³-hybridized carbons (Fsp3) is 0.154. The Labute approximate surface area is 114 Å². The lowest BCUT2D eigenvalue weighted by Gasteiger charge is -2.18. The maximum Gasteiger partial charge on any atom is 0.223 e. The summed E-state index contributed by atoms with van der Waals surface area (Å²) >= 11 is 1.57. The van der Waals surface area contributed by atoms with Crippen LogP contribution in [0.25, 0.3) is 10.2 Å². The van der Waals surface area contributed by atoms with Gasteiger partial charge in [0.2, 0.25) is 5.95 Å². The summed E-state index contributed by atoms with van der Waals surface area (Å²) in [5.41, 5.74) is 6.75. The molecule has 6 heteroatoms. The minimum atomic E-state index is 0.304. The molecule has 0 fully saturated rings. The third-order valence-electron chi connectivity index (χ3n) is 2.81. The van der Waals surface area contributed by atoms with Gasteiger partial charge in [0.25, 0.3) is 0 Å². The average molecular weight is 271 g/mol. The number of thiophene rings is 1. The van der Waals surface area contributed by atoms with E-state index in [0.29, 0.717) is 12.5 Å². The smallest absolute Gasteiger partial charge is 0.223 e. The fourth-order valence-electron chi connectivity index (χ4n) is 1.96. The predicted molar refractivity (Wildman–Crippen MR) is 78.2 cm³/mol. The number of rotatable bonds is 3. The molecule has 0 amide bonds. The first-order chi connectivity index (χ1) is 9.24. The summed E-state index contributed by atoms with van der Waals surface area (Å²) in [6.07, 6.45) is 1.79. The summed E-state index contributed by atoms with van der Waals surface area (Å²) in [6, 6.07) is 7.89. The van der Waals surface area contributed by atoms with Crippen LogP contribution >= 0.6 is 11.3 Å². The Morgan fingerprint density at radius 1 is 1.26 bits per heavy atom. The van der Waals surface area contributed by atoms with Crippen LogP contribution in [0.2, 0.25) is 0 Å². The van der Waals surface area contributed by atoms with Gasteiger partial charge in [-0.1, -0.05) is 6.07 Å². The molecular weight excluding hydrogens is 258 g/mol. The van der Waals surface area contributed by atoms with Crippen LogP contribution in [0.5, 0.6) is 0 Å². The van der Waals surface area contributed by atoms with Crippen molar-refractivity contribution in [3.8, 4) is 0 Å². The van der Waals surface area contributed by atoms with Crippen molar-refractivity contribution in [2.24, 2.45) is 0 Å². The SMILES string of the molecule is CN(Cc1ccccn1)c1nc(N)nc2sccc12. The van der Waals surface area contributed by atoms with Crippen LogP contribution in [-0.2, 0) is 6.54 Å². The Morgan fingerprint density at radius 3 is 2.95 bits per heavy atom. The van der Waals surface area contributed by atoms with E-state index >= 15 is 0 Å². The number of nitrogens with zero attached hydrogens (tertiary/aromatic N) is 4. The quantitative estimate of drug-likeness (QED) is 0.791. The number of hydrogen-bond acceptors (Lipinski definition) is 6. The molecule has 3 aromatic rings. The molecule has 0 atom stereocenters. The maximum absolute atomic E-state index is 5.76. The van der Waals surface area contributed by atoms with Crippen molar-refractivity contribution < 1.29 is 0 Å². The molecule has 0 saturated carbocycles. The molecular formula is C13H13N5S. The molecule has 2 N–H and O–H groups in total. The van der Waals surface area contributed by atoms with E-state index in [2.05, 4.69) is 15.0 Å². The fourth-order valence-corrected chi connectivity index (χ4v) is 2.72. The van der Waals surface area contributed by atoms with E-state index in [1.165, 1.54) is 0 Å². The molecule has 0 saturated heterocycles. The highest BCUT2D eigenvalue weighted by molar-refractivity contribution is 7.16. The average Bonchev–Trinajstić information content (AvgIpc) is 2.86. The zero-order valence-electron chi connectivity index (χ0n) is 10.4. The number of fused-ring (bicyclic) bond motifs is 1. The predicted octanol–water partition coefficient (Wildman–Crippen LogP) is 2.30. The number of pyridine rings is 1. The molecule has 0 aromatic carbocycles. The van der Waals surface area contributed by atoms with E-state index in [1.54, 1.807) is 17.5 Å². The lowest BCUT2D eigenvalue weighted by molar-refractivity contribution is 0.870. The molecule has 96 valence electrons. The van der Waals surface area contributed by atoms with Gasteiger partial charge in [0.1, 0.15) is 10.6 Å². The first kappa shape index (κ1) is 11.9. The molecule has 3 rings (SSSR count). The maximum atomic E-state index is 5.76. The molecule has 0 radical (unpaired) electrons. The second-order valence-corrected chi connectivity index (χ2v) is 5.12. The summed E-state index contributed by atoms with van der Waals surface area (Å²) in [6.45, 7) is 0.683. The highest BCUT2D eigenvalue weighted by Gasteiger charge is 2.12. The van der Waals surface area contributed by atoms with Crippen LogP contribution in [0.3, 0.4) is 0 Å². The van der Waals surface area contributed by atoms with Crippen molar-refractivity contribution in [2.45, 2.75) is 6.54 Å². The van der Waals surface area contributed by atoms with E-state index < -0.39 is 0 Å². The third kappa shape index (κ3) is 2.34. The van der Waals surface area contributed by atoms with Crippen molar-refractivity contribution in [1.82, 2.24) is 15.0 Å². The highest BCUT2D eigenvalue weighted by Crippen LogP contribution is 2.28. The van der Waals surface area contributed by atoms with Gasteiger partial charge in [-0.2, -0.15) is 4.98 Å². The third-order valence-corrected chi connectivity index (χ3v) is 3.62. The van der Waals surface area contributed by atoms with Crippen molar-refractivity contribution in [3.63, 3.8) is 0 Å². The molecule has 0 aliphatic heterocycles. The largest absolute Gasteiger partial charge is 0.368 e. The van der Waals surface area contributed by atoms with Gasteiger partial charge in [-0.25, -0.2) is 4.98 Å². The van der Waals surface area contributed by atoms with Gasteiger partial charge in [-0.15, -0.1) is 11.3 Å². The zero-order valence-corrected chi connectivity index (χ0v) is 11.3. The topological polar surface area (TPSA) is 67.9 Å². The first-order valence-electron chi connectivity index (χ1n) is 5.86. The van der Waals surface area contributed by atoms with E-state index in [4.69, 9.17) is 5.73 Å². The molecule has 5 nitrogen and oxygen atoms in total. The van der Waals surface area contributed by atoms with Gasteiger partial charge < -0.3 is 10.6 Å². The summed E-state index contributed by atoms with van der Waals surface area (Å²) in [5.74, 6) is 1.15. The number of hydrogen-bond donors (Lipinski definition) is 1. The second-order valence-electron chi connectivity index (χ2n) is 4.22. The van der Waals surface area contributed by atoms with Crippen LogP contribution in [0.4, 0.5) is 11.8 Å². The van der Waals surface area contributed by atoms with Gasteiger partial charge in [-0.05, 0) is 23.6 Å². The van der Waals surface area contributed by atoms with E-state index in [9.17, 15) is 0 Å². The number of anilines is 2. The van der Waals surface area contributed by atoms with E-state index in [0.717, 1.165) is 21.7 Å². The molecule has 0 unspecified atom stereocenters. The van der Waals surface area contributed by atoms with Crippen molar-refractivity contribution >= 4 is 33.3 Å². The molecule has 0 spiro atoms. The van der Waals surface area contributed by atoms with Crippen LogP contribution in [0, 0.1) is 0 Å². The van der Waals surface area contributed by atoms with Crippen LogP contribution in [0.1, 0.15) is 5.69 Å². The van der Waals surface area contributed by atoms with Crippen molar-refractivity contribution in [2.75, 3.05) is 17.7 Å². The minimum Gasteiger partial charge on any atom is -0.368 e. The van der Waals surface area contributed by atoms with Crippen molar-refractivity contribution in [3.05, 3.63) is 41.5 Å². The standard InChI is InChI=1S/C13H13N5S/c1-18(8-9-4-2-3-6-15-9)11-10-5-7-19-12(10)17-13(14)16-11/h2-7H,8H2,1H3,(H2,14,16,17). The summed E-state index contributed by atoms with van der Waals surface area (Å²) in [4.78, 5) is 15.8. The van der Waals surface area contributed by atoms with Gasteiger partial charge in [0.15, 0.2) is 0 Å². The molecule has 0 aliphatic rings. The lowest BCUT2D eigenvalue weighted by Crippen LogP contribution is -2.19. The van der Waals surface area contributed by atoms with Gasteiger partial charge in [0, 0.05) is 13.2 Å². The number of aromatic nitrogens is 3. The van der Waals surface area contributed by atoms with Gasteiger partial charge >= 0.3 is 0 Å². The number of nitrogens with two attached hydrogens (primary N) is 1. The first-order valence-corrected chi connectivity index (χ1v) is 6.74. The minimum absolute atomic E-state index is 0.304.